The first-order chi connectivity index (χ1) is 14.6. The number of unbranched alkanes of at least 4 members (excludes halogenated alkanes) is 2. The summed E-state index contributed by atoms with van der Waals surface area (Å²) in [5.41, 5.74) is 3.50. The molecule has 0 spiro atoms. The average Bonchev–Trinajstić information content (AvgIpc) is 3.21. The SMILES string of the molecule is C=C\C(=C/C=C/C(/C=C/CCCC)=N\C=C\c1cn[nH]c1C=C)CC(=O)CNCC. The van der Waals surface area contributed by atoms with Crippen molar-refractivity contribution in [3.63, 3.8) is 0 Å². The predicted molar refractivity (Wildman–Crippen MR) is 129 cm³/mol. The molecule has 2 N–H and O–H groups in total. The Balaban J connectivity index is 2.90. The average molecular weight is 407 g/mol. The fourth-order valence-corrected chi connectivity index (χ4v) is 2.50. The number of carbonyl (C=O) groups excluding carboxylic acids is 1. The topological polar surface area (TPSA) is 70.1 Å². The lowest BCUT2D eigenvalue weighted by molar-refractivity contribution is -0.117. The minimum atomic E-state index is 0.144. The molecule has 5 heteroatoms. The monoisotopic (exact) mass is 406 g/mol. The van der Waals surface area contributed by atoms with Crippen LogP contribution in [0.5, 0.6) is 0 Å². The molecule has 0 radical (unpaired) electrons. The fourth-order valence-electron chi connectivity index (χ4n) is 2.50. The Morgan fingerprint density at radius 2 is 2.13 bits per heavy atom. The molecule has 0 aromatic carbocycles. The Morgan fingerprint density at radius 1 is 1.30 bits per heavy atom. The second kappa shape index (κ2) is 15.8. The number of nitrogens with zero attached hydrogens (tertiary/aromatic N) is 2. The van der Waals surface area contributed by atoms with Crippen LogP contribution in [0.4, 0.5) is 0 Å². The number of carbonyl (C=O) groups is 1. The number of H-pyrrole nitrogens is 1. The highest BCUT2D eigenvalue weighted by Crippen LogP contribution is 2.08. The molecule has 30 heavy (non-hydrogen) atoms. The maximum atomic E-state index is 11.9. The van der Waals surface area contributed by atoms with Gasteiger partial charge in [0.15, 0.2) is 5.78 Å². The van der Waals surface area contributed by atoms with Gasteiger partial charge in [-0.15, -0.1) is 0 Å². The van der Waals surface area contributed by atoms with Gasteiger partial charge in [-0.3, -0.25) is 14.9 Å². The number of Topliss-reactive ketones (excluding diaryl/α,β-unsaturated/α-hetero) is 1. The van der Waals surface area contributed by atoms with Crippen molar-refractivity contribution in [2.24, 2.45) is 4.99 Å². The van der Waals surface area contributed by atoms with Crippen LogP contribution in [0.25, 0.3) is 12.2 Å². The van der Waals surface area contributed by atoms with Crippen LogP contribution in [0.1, 0.15) is 50.8 Å². The van der Waals surface area contributed by atoms with E-state index in [-0.39, 0.29) is 5.78 Å². The molecule has 0 aliphatic carbocycles. The van der Waals surface area contributed by atoms with Crippen molar-refractivity contribution < 1.29 is 4.79 Å². The Kier molecular flexibility index (Phi) is 13.2. The van der Waals surface area contributed by atoms with Gasteiger partial charge >= 0.3 is 0 Å². The third-order valence-corrected chi connectivity index (χ3v) is 4.21. The zero-order valence-electron chi connectivity index (χ0n) is 18.2. The van der Waals surface area contributed by atoms with Crippen molar-refractivity contribution in [1.29, 1.82) is 0 Å². The molecule has 160 valence electrons. The molecule has 0 fully saturated rings. The van der Waals surface area contributed by atoms with Crippen molar-refractivity contribution in [2.75, 3.05) is 13.1 Å². The number of allylic oxidation sites excluding steroid dienone is 7. The number of rotatable bonds is 15. The van der Waals surface area contributed by atoms with Crippen molar-refractivity contribution in [3.8, 4) is 0 Å². The minimum Gasteiger partial charge on any atom is -0.310 e. The minimum absolute atomic E-state index is 0.144. The second-order valence-corrected chi connectivity index (χ2v) is 6.66. The highest BCUT2D eigenvalue weighted by atomic mass is 16.1. The van der Waals surface area contributed by atoms with Crippen LogP contribution in [0, 0.1) is 0 Å². The van der Waals surface area contributed by atoms with E-state index in [9.17, 15) is 4.79 Å². The van der Waals surface area contributed by atoms with E-state index in [1.54, 1.807) is 24.5 Å². The van der Waals surface area contributed by atoms with Crippen molar-refractivity contribution in [2.45, 2.75) is 39.5 Å². The summed E-state index contributed by atoms with van der Waals surface area (Å²) in [6.45, 7) is 12.9. The van der Waals surface area contributed by atoms with E-state index in [2.05, 4.69) is 46.7 Å². The number of aliphatic imine (C=N–C) groups is 1. The molecule has 0 saturated carbocycles. The van der Waals surface area contributed by atoms with Gasteiger partial charge in [0.2, 0.25) is 0 Å². The second-order valence-electron chi connectivity index (χ2n) is 6.66. The molecule has 0 unspecified atom stereocenters. The van der Waals surface area contributed by atoms with Gasteiger partial charge in [-0.25, -0.2) is 0 Å². The van der Waals surface area contributed by atoms with Gasteiger partial charge in [0.05, 0.1) is 24.1 Å². The summed E-state index contributed by atoms with van der Waals surface area (Å²) in [6.07, 6.45) is 22.4. The number of nitrogens with one attached hydrogen (secondary N) is 2. The van der Waals surface area contributed by atoms with Gasteiger partial charge in [0.25, 0.3) is 0 Å². The van der Waals surface area contributed by atoms with Crippen LogP contribution < -0.4 is 5.32 Å². The Labute approximate surface area is 180 Å². The van der Waals surface area contributed by atoms with Crippen molar-refractivity contribution in [1.82, 2.24) is 15.5 Å². The molecule has 1 rings (SSSR count). The van der Waals surface area contributed by atoms with E-state index in [0.29, 0.717) is 13.0 Å². The number of hydrogen-bond donors (Lipinski definition) is 2. The van der Waals surface area contributed by atoms with Crippen LogP contribution in [-0.2, 0) is 4.79 Å². The lowest BCUT2D eigenvalue weighted by Crippen LogP contribution is -2.22. The van der Waals surface area contributed by atoms with Gasteiger partial charge in [0.1, 0.15) is 0 Å². The van der Waals surface area contributed by atoms with E-state index < -0.39 is 0 Å². The molecule has 0 atom stereocenters. The van der Waals surface area contributed by atoms with E-state index in [4.69, 9.17) is 0 Å². The van der Waals surface area contributed by atoms with E-state index >= 15 is 0 Å². The lowest BCUT2D eigenvalue weighted by atomic mass is 10.1. The van der Waals surface area contributed by atoms with Crippen molar-refractivity contribution in [3.05, 3.63) is 78.8 Å². The van der Waals surface area contributed by atoms with E-state index in [1.807, 2.05) is 37.3 Å². The number of likely N-dealkylation sites (N-methyl/N-ethyl adjacent to an activating group) is 1. The number of ketones is 1. The summed E-state index contributed by atoms with van der Waals surface area (Å²) in [7, 11) is 0. The summed E-state index contributed by atoms with van der Waals surface area (Å²) >= 11 is 0. The summed E-state index contributed by atoms with van der Waals surface area (Å²) in [4.78, 5) is 16.5. The first kappa shape index (κ1) is 25.0. The zero-order valence-corrected chi connectivity index (χ0v) is 18.2. The van der Waals surface area contributed by atoms with Crippen LogP contribution >= 0.6 is 0 Å². The van der Waals surface area contributed by atoms with Crippen LogP contribution in [0.15, 0.2) is 72.6 Å². The summed E-state index contributed by atoms with van der Waals surface area (Å²) < 4.78 is 0. The van der Waals surface area contributed by atoms with Gasteiger partial charge in [0, 0.05) is 18.2 Å². The number of aromatic nitrogens is 2. The van der Waals surface area contributed by atoms with E-state index in [0.717, 1.165) is 48.3 Å². The molecule has 0 aliphatic heterocycles. The first-order valence-electron chi connectivity index (χ1n) is 10.4. The smallest absolute Gasteiger partial charge is 0.150 e. The largest absolute Gasteiger partial charge is 0.310 e. The number of hydrogen-bond acceptors (Lipinski definition) is 4. The maximum Gasteiger partial charge on any atom is 0.150 e. The molecule has 0 aliphatic rings. The molecule has 1 heterocycles. The molecule has 0 amide bonds. The molecule has 1 aromatic heterocycles. The quantitative estimate of drug-likeness (QED) is 0.231. The standard InChI is InChI=1S/C25H34N4O/c1-5-9-10-11-14-23(27-17-16-22-19-28-29-25(22)7-3)15-12-13-21(6-2)18-24(30)20-26-8-4/h6-7,11-17,19,26H,2-3,5,8-10,18,20H2,1,4H3,(H,28,29)/b14-11+,15-12+,17-16+,21-13+,27-23-. The van der Waals surface area contributed by atoms with Gasteiger partial charge < -0.3 is 5.32 Å². The molecule has 0 saturated heterocycles. The maximum absolute atomic E-state index is 11.9. The summed E-state index contributed by atoms with van der Waals surface area (Å²) in [6, 6.07) is 0. The third kappa shape index (κ3) is 10.5. The van der Waals surface area contributed by atoms with Crippen LogP contribution in [-0.4, -0.2) is 34.8 Å². The Morgan fingerprint density at radius 3 is 2.83 bits per heavy atom. The third-order valence-electron chi connectivity index (χ3n) is 4.21. The molecule has 0 bridgehead atoms. The van der Waals surface area contributed by atoms with Crippen LogP contribution in [0.2, 0.25) is 0 Å². The first-order valence-corrected chi connectivity index (χ1v) is 10.4. The molecular formula is C25H34N4O. The normalized spacial score (nSPS) is 13.0. The molecule has 1 aromatic rings. The Hall–Kier alpha value is -3.05. The van der Waals surface area contributed by atoms with Gasteiger partial charge in [-0.1, -0.05) is 64.2 Å². The lowest BCUT2D eigenvalue weighted by Gasteiger charge is -2.01. The molecule has 5 nitrogen and oxygen atoms in total. The molecular weight excluding hydrogens is 372 g/mol. The number of aromatic amines is 1. The zero-order chi connectivity index (χ0) is 22.0. The fraction of sp³-hybridized carbons (Fsp3) is 0.320. The van der Waals surface area contributed by atoms with Gasteiger partial charge in [-0.05, 0) is 42.8 Å². The predicted octanol–water partition coefficient (Wildman–Crippen LogP) is 5.45. The van der Waals surface area contributed by atoms with E-state index in [1.165, 1.54) is 0 Å². The highest BCUT2D eigenvalue weighted by molar-refractivity contribution is 6.04. The summed E-state index contributed by atoms with van der Waals surface area (Å²) in [5, 5.41) is 9.94. The van der Waals surface area contributed by atoms with Crippen molar-refractivity contribution >= 4 is 23.6 Å². The van der Waals surface area contributed by atoms with Gasteiger partial charge in [-0.2, -0.15) is 5.10 Å². The summed E-state index contributed by atoms with van der Waals surface area (Å²) in [5.74, 6) is 0.144. The van der Waals surface area contributed by atoms with Crippen LogP contribution in [0.3, 0.4) is 0 Å². The highest BCUT2D eigenvalue weighted by Gasteiger charge is 2.02. The Bertz CT molecular complexity index is 822.